The van der Waals surface area contributed by atoms with Gasteiger partial charge in [-0.2, -0.15) is 0 Å². The molecule has 0 spiro atoms. The van der Waals surface area contributed by atoms with Crippen LogP contribution < -0.4 is 5.32 Å². The van der Waals surface area contributed by atoms with Crippen molar-refractivity contribution >= 4 is 11.3 Å². The lowest BCUT2D eigenvalue weighted by atomic mass is 9.91. The molecule has 0 bridgehead atoms. The van der Waals surface area contributed by atoms with Crippen molar-refractivity contribution in [1.82, 2.24) is 10.2 Å². The van der Waals surface area contributed by atoms with E-state index in [1.807, 2.05) is 11.3 Å². The van der Waals surface area contributed by atoms with Crippen molar-refractivity contribution in [2.45, 2.75) is 44.7 Å². The molecule has 2 heterocycles. The smallest absolute Gasteiger partial charge is 0.0325 e. The fraction of sp³-hybridized carbons (Fsp3) is 0.714. The van der Waals surface area contributed by atoms with Crippen molar-refractivity contribution < 1.29 is 0 Å². The Kier molecular flexibility index (Phi) is 4.60. The van der Waals surface area contributed by atoms with Gasteiger partial charge in [0, 0.05) is 23.5 Å². The van der Waals surface area contributed by atoms with E-state index in [1.54, 1.807) is 0 Å². The van der Waals surface area contributed by atoms with Gasteiger partial charge in [-0.25, -0.2) is 0 Å². The molecule has 1 aliphatic heterocycles. The third-order valence-electron chi connectivity index (χ3n) is 3.64. The number of hydrogen-bond acceptors (Lipinski definition) is 3. The average Bonchev–Trinajstić information content (AvgIpc) is 2.90. The molecule has 1 atom stereocenters. The maximum Gasteiger partial charge on any atom is 0.0325 e. The number of rotatable bonds is 6. The van der Waals surface area contributed by atoms with Crippen LogP contribution in [0.15, 0.2) is 17.5 Å². The first kappa shape index (κ1) is 13.1. The minimum absolute atomic E-state index is 0.390. The topological polar surface area (TPSA) is 15.3 Å². The van der Waals surface area contributed by atoms with Gasteiger partial charge < -0.3 is 5.32 Å². The summed E-state index contributed by atoms with van der Waals surface area (Å²) in [5.41, 5.74) is 0.390. The molecule has 2 nitrogen and oxygen atoms in total. The van der Waals surface area contributed by atoms with Crippen molar-refractivity contribution in [3.05, 3.63) is 22.4 Å². The Morgan fingerprint density at radius 1 is 1.53 bits per heavy atom. The number of thiophene rings is 1. The molecule has 1 saturated heterocycles. The van der Waals surface area contributed by atoms with Gasteiger partial charge >= 0.3 is 0 Å². The van der Waals surface area contributed by atoms with E-state index in [9.17, 15) is 0 Å². The molecule has 96 valence electrons. The van der Waals surface area contributed by atoms with Gasteiger partial charge in [0.25, 0.3) is 0 Å². The normalized spacial score (nSPS) is 24.6. The predicted octanol–water partition coefficient (Wildman–Crippen LogP) is 3.10. The Hall–Kier alpha value is -0.380. The summed E-state index contributed by atoms with van der Waals surface area (Å²) in [6.07, 6.45) is 5.27. The molecule has 1 aliphatic rings. The molecule has 0 aromatic carbocycles. The Labute approximate surface area is 109 Å². The molecule has 1 fully saturated rings. The first-order valence-electron chi connectivity index (χ1n) is 6.70. The SMILES string of the molecule is CCCC1(CN(C)Cc2cccs2)CCCN1. The zero-order valence-electron chi connectivity index (χ0n) is 11.0. The van der Waals surface area contributed by atoms with Gasteiger partial charge in [0.1, 0.15) is 0 Å². The molecule has 0 radical (unpaired) electrons. The van der Waals surface area contributed by atoms with Gasteiger partial charge in [0.05, 0.1) is 0 Å². The second-order valence-electron chi connectivity index (χ2n) is 5.31. The van der Waals surface area contributed by atoms with Gasteiger partial charge in [0.15, 0.2) is 0 Å². The van der Waals surface area contributed by atoms with Crippen molar-refractivity contribution in [1.29, 1.82) is 0 Å². The standard InChI is InChI=1S/C14H24N2S/c1-3-7-14(8-5-9-15-14)12-16(2)11-13-6-4-10-17-13/h4,6,10,15H,3,5,7-9,11-12H2,1-2H3. The van der Waals surface area contributed by atoms with Crippen LogP contribution in [0.3, 0.4) is 0 Å². The molecule has 1 aromatic heterocycles. The lowest BCUT2D eigenvalue weighted by Gasteiger charge is -2.33. The summed E-state index contributed by atoms with van der Waals surface area (Å²) < 4.78 is 0. The minimum Gasteiger partial charge on any atom is -0.310 e. The third kappa shape index (κ3) is 3.54. The monoisotopic (exact) mass is 252 g/mol. The van der Waals surface area contributed by atoms with Crippen LogP contribution >= 0.6 is 11.3 Å². The molecule has 2 rings (SSSR count). The first-order valence-corrected chi connectivity index (χ1v) is 7.58. The van der Waals surface area contributed by atoms with E-state index in [4.69, 9.17) is 0 Å². The third-order valence-corrected chi connectivity index (χ3v) is 4.50. The van der Waals surface area contributed by atoms with Gasteiger partial charge in [-0.1, -0.05) is 19.4 Å². The number of hydrogen-bond donors (Lipinski definition) is 1. The van der Waals surface area contributed by atoms with Crippen molar-refractivity contribution in [3.8, 4) is 0 Å². The predicted molar refractivity (Wildman–Crippen MR) is 75.5 cm³/mol. The molecular weight excluding hydrogens is 228 g/mol. The Balaban J connectivity index is 1.89. The van der Waals surface area contributed by atoms with E-state index in [0.29, 0.717) is 5.54 Å². The second-order valence-corrected chi connectivity index (χ2v) is 6.34. The highest BCUT2D eigenvalue weighted by Crippen LogP contribution is 2.26. The fourth-order valence-electron chi connectivity index (χ4n) is 3.02. The molecule has 17 heavy (non-hydrogen) atoms. The van der Waals surface area contributed by atoms with Crippen LogP contribution in [-0.2, 0) is 6.54 Å². The maximum atomic E-state index is 3.74. The van der Waals surface area contributed by atoms with Gasteiger partial charge in [0.2, 0.25) is 0 Å². The van der Waals surface area contributed by atoms with Crippen LogP contribution in [0.1, 0.15) is 37.5 Å². The molecule has 3 heteroatoms. The summed E-state index contributed by atoms with van der Waals surface area (Å²) in [6, 6.07) is 4.37. The molecular formula is C14H24N2S. The summed E-state index contributed by atoms with van der Waals surface area (Å²) in [5.74, 6) is 0. The summed E-state index contributed by atoms with van der Waals surface area (Å²) in [6.45, 7) is 5.76. The van der Waals surface area contributed by atoms with Crippen molar-refractivity contribution in [3.63, 3.8) is 0 Å². The number of nitrogens with zero attached hydrogens (tertiary/aromatic N) is 1. The van der Waals surface area contributed by atoms with E-state index in [-0.39, 0.29) is 0 Å². The number of likely N-dealkylation sites (N-methyl/N-ethyl adjacent to an activating group) is 1. The lowest BCUT2D eigenvalue weighted by molar-refractivity contribution is 0.209. The molecule has 1 aromatic rings. The van der Waals surface area contributed by atoms with Crippen LogP contribution in [0.25, 0.3) is 0 Å². The number of nitrogens with one attached hydrogen (secondary N) is 1. The van der Waals surface area contributed by atoms with Crippen LogP contribution in [0, 0.1) is 0 Å². The van der Waals surface area contributed by atoms with E-state index >= 15 is 0 Å². The zero-order valence-corrected chi connectivity index (χ0v) is 11.9. The van der Waals surface area contributed by atoms with Gasteiger partial charge in [-0.3, -0.25) is 4.90 Å². The highest BCUT2D eigenvalue weighted by atomic mass is 32.1. The quantitative estimate of drug-likeness (QED) is 0.837. The Morgan fingerprint density at radius 2 is 2.41 bits per heavy atom. The highest BCUT2D eigenvalue weighted by molar-refractivity contribution is 7.09. The summed E-state index contributed by atoms with van der Waals surface area (Å²) in [4.78, 5) is 3.94. The molecule has 1 N–H and O–H groups in total. The van der Waals surface area contributed by atoms with E-state index in [0.717, 1.165) is 6.54 Å². The first-order chi connectivity index (χ1) is 8.24. The molecule has 1 unspecified atom stereocenters. The molecule has 0 saturated carbocycles. The summed E-state index contributed by atoms with van der Waals surface area (Å²) >= 11 is 1.86. The second kappa shape index (κ2) is 5.98. The van der Waals surface area contributed by atoms with Gasteiger partial charge in [-0.15, -0.1) is 11.3 Å². The van der Waals surface area contributed by atoms with Crippen LogP contribution in [-0.4, -0.2) is 30.6 Å². The van der Waals surface area contributed by atoms with Gasteiger partial charge in [-0.05, 0) is 44.3 Å². The lowest BCUT2D eigenvalue weighted by Crippen LogP contribution is -2.48. The molecule has 0 amide bonds. The largest absolute Gasteiger partial charge is 0.310 e. The van der Waals surface area contributed by atoms with E-state index in [2.05, 4.69) is 41.7 Å². The maximum absolute atomic E-state index is 3.74. The Morgan fingerprint density at radius 3 is 3.00 bits per heavy atom. The molecule has 0 aliphatic carbocycles. The van der Waals surface area contributed by atoms with E-state index in [1.165, 1.54) is 43.6 Å². The Bertz CT molecular complexity index is 315. The van der Waals surface area contributed by atoms with Crippen LogP contribution in [0.5, 0.6) is 0 Å². The fourth-order valence-corrected chi connectivity index (χ4v) is 3.80. The zero-order chi connectivity index (χ0) is 12.1. The van der Waals surface area contributed by atoms with Crippen LogP contribution in [0.2, 0.25) is 0 Å². The highest BCUT2D eigenvalue weighted by Gasteiger charge is 2.33. The van der Waals surface area contributed by atoms with Crippen molar-refractivity contribution in [2.24, 2.45) is 0 Å². The van der Waals surface area contributed by atoms with Crippen molar-refractivity contribution in [2.75, 3.05) is 20.1 Å². The average molecular weight is 252 g/mol. The van der Waals surface area contributed by atoms with Crippen LogP contribution in [0.4, 0.5) is 0 Å². The summed E-state index contributed by atoms with van der Waals surface area (Å²) in [5, 5.41) is 5.91. The minimum atomic E-state index is 0.390. The van der Waals surface area contributed by atoms with E-state index < -0.39 is 0 Å². The summed E-state index contributed by atoms with van der Waals surface area (Å²) in [7, 11) is 2.25.